The van der Waals surface area contributed by atoms with E-state index in [0.29, 0.717) is 11.1 Å². The fourth-order valence-corrected chi connectivity index (χ4v) is 3.58. The molecule has 3 aromatic rings. The summed E-state index contributed by atoms with van der Waals surface area (Å²) in [4.78, 5) is 41.5. The van der Waals surface area contributed by atoms with E-state index in [1.165, 1.54) is 18.3 Å². The Kier molecular flexibility index (Phi) is 6.37. The number of aliphatic hydroxyl groups excluding tert-OH is 1. The number of hydrogen-bond donors (Lipinski definition) is 3. The topological polar surface area (TPSA) is 108 Å². The molecule has 0 bridgehead atoms. The molecule has 1 aliphatic carbocycles. The van der Waals surface area contributed by atoms with Crippen molar-refractivity contribution in [2.24, 2.45) is 0 Å². The average Bonchev–Trinajstić information content (AvgIpc) is 3.62. The molecule has 2 amide bonds. The molecule has 7 nitrogen and oxygen atoms in total. The second kappa shape index (κ2) is 9.53. The standard InChI is InChI=1S/C25H23N3O4/c29-15-22(25(32)27-21-13-20(21)16-5-2-1-3-6-16)28-24(31)18-10-8-17(9-11-18)23(30)19-7-4-12-26-14-19/h1-12,14,20-22,29H,13,15H2,(H,27,32)(H,28,31)/t20-,21+,22-/m0/s1. The van der Waals surface area contributed by atoms with Gasteiger partial charge in [0.05, 0.1) is 6.61 Å². The van der Waals surface area contributed by atoms with Crippen LogP contribution in [-0.4, -0.2) is 46.4 Å². The summed E-state index contributed by atoms with van der Waals surface area (Å²) in [6.07, 6.45) is 3.90. The highest BCUT2D eigenvalue weighted by molar-refractivity contribution is 6.09. The molecule has 3 N–H and O–H groups in total. The molecule has 0 aliphatic heterocycles. The van der Waals surface area contributed by atoms with Gasteiger partial charge in [0.1, 0.15) is 6.04 Å². The van der Waals surface area contributed by atoms with Crippen molar-refractivity contribution in [2.75, 3.05) is 6.61 Å². The second-order valence-electron chi connectivity index (χ2n) is 7.72. The molecule has 0 radical (unpaired) electrons. The summed E-state index contributed by atoms with van der Waals surface area (Å²) in [5.74, 6) is -0.877. The Bertz CT molecular complexity index is 1100. The van der Waals surface area contributed by atoms with Crippen molar-refractivity contribution in [1.29, 1.82) is 0 Å². The van der Waals surface area contributed by atoms with Gasteiger partial charge in [0.2, 0.25) is 5.91 Å². The Morgan fingerprint density at radius 2 is 1.66 bits per heavy atom. The molecule has 1 fully saturated rings. The molecule has 162 valence electrons. The zero-order valence-electron chi connectivity index (χ0n) is 17.3. The normalized spacial score (nSPS) is 17.8. The monoisotopic (exact) mass is 429 g/mol. The maximum absolute atomic E-state index is 12.6. The van der Waals surface area contributed by atoms with Crippen LogP contribution in [0.5, 0.6) is 0 Å². The number of aliphatic hydroxyl groups is 1. The Balaban J connectivity index is 1.34. The predicted octanol–water partition coefficient (Wildman–Crippen LogP) is 2.08. The van der Waals surface area contributed by atoms with E-state index in [1.54, 1.807) is 30.5 Å². The molecule has 2 aromatic carbocycles. The van der Waals surface area contributed by atoms with Crippen molar-refractivity contribution in [1.82, 2.24) is 15.6 Å². The second-order valence-corrected chi connectivity index (χ2v) is 7.72. The van der Waals surface area contributed by atoms with Gasteiger partial charge in [-0.05, 0) is 36.2 Å². The lowest BCUT2D eigenvalue weighted by molar-refractivity contribution is -0.124. The van der Waals surface area contributed by atoms with E-state index < -0.39 is 24.5 Å². The van der Waals surface area contributed by atoms with Crippen LogP contribution in [0.15, 0.2) is 79.1 Å². The number of aromatic nitrogens is 1. The SMILES string of the molecule is O=C(N[C@@H](CO)C(=O)N[C@@H]1C[C@H]1c1ccccc1)c1ccc(C(=O)c2cccnc2)cc1. The number of carbonyl (C=O) groups is 3. The first-order chi connectivity index (χ1) is 15.6. The quantitative estimate of drug-likeness (QED) is 0.475. The van der Waals surface area contributed by atoms with E-state index in [2.05, 4.69) is 15.6 Å². The van der Waals surface area contributed by atoms with Crippen molar-refractivity contribution in [3.63, 3.8) is 0 Å². The van der Waals surface area contributed by atoms with Crippen molar-refractivity contribution < 1.29 is 19.5 Å². The fraction of sp³-hybridized carbons (Fsp3) is 0.200. The van der Waals surface area contributed by atoms with Crippen molar-refractivity contribution in [3.05, 3.63) is 101 Å². The highest BCUT2D eigenvalue weighted by Gasteiger charge is 2.40. The molecular weight excluding hydrogens is 406 g/mol. The Morgan fingerprint density at radius 3 is 2.31 bits per heavy atom. The number of nitrogens with one attached hydrogen (secondary N) is 2. The lowest BCUT2D eigenvalue weighted by Crippen LogP contribution is -2.49. The van der Waals surface area contributed by atoms with Gasteiger partial charge in [0.15, 0.2) is 5.78 Å². The fourth-order valence-electron chi connectivity index (χ4n) is 3.58. The third kappa shape index (κ3) is 4.90. The largest absolute Gasteiger partial charge is 0.394 e. The number of benzene rings is 2. The number of pyridine rings is 1. The van der Waals surface area contributed by atoms with Crippen LogP contribution in [0.3, 0.4) is 0 Å². The van der Waals surface area contributed by atoms with E-state index in [4.69, 9.17) is 0 Å². The summed E-state index contributed by atoms with van der Waals surface area (Å²) >= 11 is 0. The van der Waals surface area contributed by atoms with Crippen LogP contribution >= 0.6 is 0 Å². The third-order valence-corrected chi connectivity index (χ3v) is 5.48. The predicted molar refractivity (Wildman–Crippen MR) is 118 cm³/mol. The van der Waals surface area contributed by atoms with Gasteiger partial charge >= 0.3 is 0 Å². The molecule has 0 spiro atoms. The molecular formula is C25H23N3O4. The number of amides is 2. The van der Waals surface area contributed by atoms with E-state index in [9.17, 15) is 19.5 Å². The lowest BCUT2D eigenvalue weighted by atomic mass is 10.0. The highest BCUT2D eigenvalue weighted by Crippen LogP contribution is 2.40. The minimum absolute atomic E-state index is 0.00590. The highest BCUT2D eigenvalue weighted by atomic mass is 16.3. The summed E-state index contributed by atoms with van der Waals surface area (Å²) in [5.41, 5.74) is 2.32. The summed E-state index contributed by atoms with van der Waals surface area (Å²) in [6.45, 7) is -0.516. The van der Waals surface area contributed by atoms with Gasteiger partial charge in [-0.3, -0.25) is 19.4 Å². The summed E-state index contributed by atoms with van der Waals surface area (Å²) in [5, 5.41) is 15.1. The molecule has 0 unspecified atom stereocenters. The molecule has 1 aliphatic rings. The van der Waals surface area contributed by atoms with E-state index in [-0.39, 0.29) is 23.3 Å². The zero-order valence-corrected chi connectivity index (χ0v) is 17.3. The molecule has 7 heteroatoms. The molecule has 1 heterocycles. The molecule has 4 rings (SSSR count). The van der Waals surface area contributed by atoms with Crippen LogP contribution in [0.4, 0.5) is 0 Å². The number of ketones is 1. The molecule has 0 saturated heterocycles. The number of rotatable bonds is 8. The van der Waals surface area contributed by atoms with E-state index in [0.717, 1.165) is 12.0 Å². The van der Waals surface area contributed by atoms with Gasteiger partial charge in [-0.25, -0.2) is 0 Å². The van der Waals surface area contributed by atoms with Gasteiger partial charge in [0, 0.05) is 41.0 Å². The Morgan fingerprint density at radius 1 is 0.938 bits per heavy atom. The van der Waals surface area contributed by atoms with Gasteiger partial charge < -0.3 is 15.7 Å². The minimum atomic E-state index is -1.06. The Hall–Kier alpha value is -3.84. The summed E-state index contributed by atoms with van der Waals surface area (Å²) < 4.78 is 0. The first kappa shape index (κ1) is 21.4. The summed E-state index contributed by atoms with van der Waals surface area (Å²) in [7, 11) is 0. The van der Waals surface area contributed by atoms with Crippen LogP contribution in [0.1, 0.15) is 44.2 Å². The Labute approximate surface area is 185 Å². The van der Waals surface area contributed by atoms with Gasteiger partial charge in [-0.15, -0.1) is 0 Å². The molecule has 32 heavy (non-hydrogen) atoms. The van der Waals surface area contributed by atoms with Crippen molar-refractivity contribution in [2.45, 2.75) is 24.4 Å². The van der Waals surface area contributed by atoms with Crippen molar-refractivity contribution in [3.8, 4) is 0 Å². The van der Waals surface area contributed by atoms with E-state index in [1.807, 2.05) is 30.3 Å². The average molecular weight is 429 g/mol. The minimum Gasteiger partial charge on any atom is -0.394 e. The number of nitrogens with zero attached hydrogens (tertiary/aromatic N) is 1. The maximum Gasteiger partial charge on any atom is 0.251 e. The van der Waals surface area contributed by atoms with E-state index >= 15 is 0 Å². The number of hydrogen-bond acceptors (Lipinski definition) is 5. The van der Waals surface area contributed by atoms with Crippen LogP contribution in [0.25, 0.3) is 0 Å². The summed E-state index contributed by atoms with van der Waals surface area (Å²) in [6, 6.07) is 18.3. The first-order valence-corrected chi connectivity index (χ1v) is 10.4. The molecule has 1 saturated carbocycles. The van der Waals surface area contributed by atoms with Gasteiger partial charge in [0.25, 0.3) is 5.91 Å². The molecule has 1 aromatic heterocycles. The lowest BCUT2D eigenvalue weighted by Gasteiger charge is -2.16. The van der Waals surface area contributed by atoms with Crippen LogP contribution in [0, 0.1) is 0 Å². The van der Waals surface area contributed by atoms with Gasteiger partial charge in [-0.1, -0.05) is 42.5 Å². The van der Waals surface area contributed by atoms with Crippen LogP contribution in [-0.2, 0) is 4.79 Å². The van der Waals surface area contributed by atoms with Crippen molar-refractivity contribution >= 4 is 17.6 Å². The van der Waals surface area contributed by atoms with Gasteiger partial charge in [-0.2, -0.15) is 0 Å². The number of carbonyl (C=O) groups excluding carboxylic acids is 3. The van der Waals surface area contributed by atoms with Crippen LogP contribution < -0.4 is 10.6 Å². The first-order valence-electron chi connectivity index (χ1n) is 10.4. The zero-order chi connectivity index (χ0) is 22.5. The third-order valence-electron chi connectivity index (χ3n) is 5.48. The molecule has 3 atom stereocenters. The maximum atomic E-state index is 12.6. The van der Waals surface area contributed by atoms with Crippen LogP contribution in [0.2, 0.25) is 0 Å². The smallest absolute Gasteiger partial charge is 0.251 e.